The summed E-state index contributed by atoms with van der Waals surface area (Å²) in [6.07, 6.45) is 0. The van der Waals surface area contributed by atoms with Gasteiger partial charge in [-0.1, -0.05) is 60.4 Å². The first-order chi connectivity index (χ1) is 13.4. The quantitative estimate of drug-likeness (QED) is 0.349. The first-order valence-corrected chi connectivity index (χ1v) is 8.78. The fourth-order valence-corrected chi connectivity index (χ4v) is 2.73. The smallest absolute Gasteiger partial charge is 0.230 e. The van der Waals surface area contributed by atoms with E-state index in [2.05, 4.69) is 36.1 Å². The molecule has 0 atom stereocenters. The van der Waals surface area contributed by atoms with E-state index in [0.717, 1.165) is 22.6 Å². The highest BCUT2D eigenvalue weighted by Crippen LogP contribution is 2.16. The molecule has 0 aliphatic rings. The van der Waals surface area contributed by atoms with Gasteiger partial charge < -0.3 is 9.47 Å². The molecule has 0 radical (unpaired) electrons. The predicted octanol–water partition coefficient (Wildman–Crippen LogP) is 5.65. The lowest BCUT2D eigenvalue weighted by molar-refractivity contribution is 0.120. The third-order valence-electron chi connectivity index (χ3n) is 4.15. The zero-order chi connectivity index (χ0) is 18.3. The minimum atomic E-state index is 0.173. The number of rotatable bonds is 4. The van der Waals surface area contributed by atoms with Crippen molar-refractivity contribution in [2.24, 2.45) is 0 Å². The molecule has 0 aliphatic carbocycles. The molecule has 27 heavy (non-hydrogen) atoms. The molecule has 0 saturated heterocycles. The van der Waals surface area contributed by atoms with Gasteiger partial charge in [0.1, 0.15) is 11.5 Å². The molecule has 0 saturated carbocycles. The van der Waals surface area contributed by atoms with Crippen molar-refractivity contribution in [2.75, 3.05) is 6.79 Å². The van der Waals surface area contributed by atoms with Gasteiger partial charge in [0.15, 0.2) is 0 Å². The van der Waals surface area contributed by atoms with E-state index < -0.39 is 0 Å². The summed E-state index contributed by atoms with van der Waals surface area (Å²) in [5.41, 5.74) is 1.95. The van der Waals surface area contributed by atoms with Gasteiger partial charge >= 0.3 is 0 Å². The Bertz CT molecular complexity index is 1090. The fourth-order valence-electron chi connectivity index (χ4n) is 2.73. The van der Waals surface area contributed by atoms with Crippen molar-refractivity contribution in [3.05, 3.63) is 108 Å². The van der Waals surface area contributed by atoms with Crippen LogP contribution in [0.4, 0.5) is 0 Å². The van der Waals surface area contributed by atoms with Crippen molar-refractivity contribution in [1.82, 2.24) is 0 Å². The molecule has 0 fully saturated rings. The summed E-state index contributed by atoms with van der Waals surface area (Å²) in [4.78, 5) is 0. The van der Waals surface area contributed by atoms with E-state index in [4.69, 9.17) is 9.47 Å². The van der Waals surface area contributed by atoms with E-state index in [1.54, 1.807) is 0 Å². The van der Waals surface area contributed by atoms with Crippen LogP contribution in [0.25, 0.3) is 10.8 Å². The first-order valence-electron chi connectivity index (χ1n) is 8.78. The number of hydrogen-bond acceptors (Lipinski definition) is 2. The van der Waals surface area contributed by atoms with E-state index in [-0.39, 0.29) is 6.79 Å². The number of hydrogen-bond donors (Lipinski definition) is 0. The maximum absolute atomic E-state index is 5.61. The van der Waals surface area contributed by atoms with Crippen LogP contribution < -0.4 is 9.47 Å². The van der Waals surface area contributed by atoms with Gasteiger partial charge in [0, 0.05) is 11.1 Å². The zero-order valence-electron chi connectivity index (χ0n) is 14.8. The highest BCUT2D eigenvalue weighted by molar-refractivity contribution is 5.83. The van der Waals surface area contributed by atoms with Crippen molar-refractivity contribution in [1.29, 1.82) is 0 Å². The summed E-state index contributed by atoms with van der Waals surface area (Å²) in [5.74, 6) is 7.96. The van der Waals surface area contributed by atoms with E-state index in [0.29, 0.717) is 0 Å². The summed E-state index contributed by atoms with van der Waals surface area (Å²) in [6.45, 7) is 0.173. The van der Waals surface area contributed by atoms with E-state index in [1.165, 1.54) is 10.8 Å². The summed E-state index contributed by atoms with van der Waals surface area (Å²) in [7, 11) is 0. The van der Waals surface area contributed by atoms with Gasteiger partial charge in [0.2, 0.25) is 6.79 Å². The van der Waals surface area contributed by atoms with Crippen LogP contribution in [-0.2, 0) is 0 Å². The van der Waals surface area contributed by atoms with Crippen LogP contribution in [0, 0.1) is 11.8 Å². The van der Waals surface area contributed by atoms with Crippen molar-refractivity contribution in [3.63, 3.8) is 0 Å². The predicted molar refractivity (Wildman–Crippen MR) is 109 cm³/mol. The van der Waals surface area contributed by atoms with Gasteiger partial charge in [-0.05, 0) is 59.3 Å². The molecule has 0 unspecified atom stereocenters. The van der Waals surface area contributed by atoms with Crippen molar-refractivity contribution >= 4 is 10.8 Å². The lowest BCUT2D eigenvalue weighted by Gasteiger charge is -2.08. The Labute approximate surface area is 159 Å². The Kier molecular flexibility index (Phi) is 5.04. The lowest BCUT2D eigenvalue weighted by atomic mass is 10.1. The van der Waals surface area contributed by atoms with Gasteiger partial charge in [0.25, 0.3) is 0 Å². The van der Waals surface area contributed by atoms with Gasteiger partial charge in [-0.2, -0.15) is 0 Å². The fraction of sp³-hybridized carbons (Fsp3) is 0.0400. The van der Waals surface area contributed by atoms with Crippen molar-refractivity contribution in [2.45, 2.75) is 0 Å². The average Bonchev–Trinajstić information content (AvgIpc) is 2.74. The second-order valence-electron chi connectivity index (χ2n) is 6.06. The molecule has 2 nitrogen and oxygen atoms in total. The number of ether oxygens (including phenoxy) is 2. The molecule has 4 aromatic rings. The minimum absolute atomic E-state index is 0.173. The van der Waals surface area contributed by atoms with Crippen molar-refractivity contribution in [3.8, 4) is 23.3 Å². The Morgan fingerprint density at radius 3 is 1.89 bits per heavy atom. The van der Waals surface area contributed by atoms with Gasteiger partial charge in [-0.3, -0.25) is 0 Å². The Morgan fingerprint density at radius 2 is 1.11 bits per heavy atom. The molecule has 130 valence electrons. The molecular weight excluding hydrogens is 332 g/mol. The average molecular weight is 350 g/mol. The first kappa shape index (κ1) is 16.8. The van der Waals surface area contributed by atoms with Crippen LogP contribution >= 0.6 is 0 Å². The molecule has 0 aliphatic heterocycles. The van der Waals surface area contributed by atoms with E-state index in [9.17, 15) is 0 Å². The topological polar surface area (TPSA) is 18.5 Å². The summed E-state index contributed by atoms with van der Waals surface area (Å²) in [5, 5.41) is 2.42. The molecular formula is C25H18O2. The third kappa shape index (κ3) is 4.48. The summed E-state index contributed by atoms with van der Waals surface area (Å²) >= 11 is 0. The van der Waals surface area contributed by atoms with Gasteiger partial charge in [0.05, 0.1) is 0 Å². The van der Waals surface area contributed by atoms with Crippen LogP contribution in [0.2, 0.25) is 0 Å². The SMILES string of the molecule is C(#Cc1ccc2ccccc2c1)c1ccc(OCOc2ccccc2)cc1. The minimum Gasteiger partial charge on any atom is -0.458 e. The maximum atomic E-state index is 5.61. The van der Waals surface area contributed by atoms with Crippen molar-refractivity contribution < 1.29 is 9.47 Å². The maximum Gasteiger partial charge on any atom is 0.230 e. The highest BCUT2D eigenvalue weighted by atomic mass is 16.7. The second-order valence-corrected chi connectivity index (χ2v) is 6.06. The Hall–Kier alpha value is -3.70. The van der Waals surface area contributed by atoms with E-state index >= 15 is 0 Å². The highest BCUT2D eigenvalue weighted by Gasteiger charge is 1.96. The summed E-state index contributed by atoms with van der Waals surface area (Å²) < 4.78 is 11.1. The normalized spacial score (nSPS) is 10.1. The van der Waals surface area contributed by atoms with Crippen LogP contribution in [0.15, 0.2) is 97.1 Å². The van der Waals surface area contributed by atoms with Crippen LogP contribution in [0.5, 0.6) is 11.5 Å². The molecule has 0 amide bonds. The summed E-state index contributed by atoms with van der Waals surface area (Å²) in [6, 6.07) is 31.9. The van der Waals surface area contributed by atoms with Crippen LogP contribution in [-0.4, -0.2) is 6.79 Å². The molecule has 0 spiro atoms. The molecule has 4 rings (SSSR count). The molecule has 0 bridgehead atoms. The molecule has 2 heteroatoms. The molecule has 4 aromatic carbocycles. The number of fused-ring (bicyclic) bond motifs is 1. The molecule has 0 N–H and O–H groups in total. The Morgan fingerprint density at radius 1 is 0.519 bits per heavy atom. The van der Waals surface area contributed by atoms with Crippen LogP contribution in [0.1, 0.15) is 11.1 Å². The number of benzene rings is 4. The largest absolute Gasteiger partial charge is 0.458 e. The van der Waals surface area contributed by atoms with E-state index in [1.807, 2.05) is 72.8 Å². The van der Waals surface area contributed by atoms with Crippen LogP contribution in [0.3, 0.4) is 0 Å². The monoisotopic (exact) mass is 350 g/mol. The third-order valence-corrected chi connectivity index (χ3v) is 4.15. The second kappa shape index (κ2) is 8.12. The molecule has 0 aromatic heterocycles. The zero-order valence-corrected chi connectivity index (χ0v) is 14.8. The van der Waals surface area contributed by atoms with Gasteiger partial charge in [-0.15, -0.1) is 0 Å². The standard InChI is InChI=1S/C25H18O2/c1-2-8-24(9-3-1)26-19-27-25-16-13-20(14-17-25)10-11-21-12-15-22-6-4-5-7-23(22)18-21/h1-9,12-18H,19H2. The Balaban J connectivity index is 1.38. The molecule has 0 heterocycles. The lowest BCUT2D eigenvalue weighted by Crippen LogP contribution is -2.05. The number of para-hydroxylation sites is 1. The van der Waals surface area contributed by atoms with Gasteiger partial charge in [-0.25, -0.2) is 0 Å².